The molecular weight excluding hydrogens is 350 g/mol. The number of aromatic hydroxyl groups is 1. The molecule has 0 amide bonds. The lowest BCUT2D eigenvalue weighted by Crippen LogP contribution is -2.21. The normalized spacial score (nSPS) is 12.3. The van der Waals surface area contributed by atoms with E-state index in [9.17, 15) is 24.8 Å². The van der Waals surface area contributed by atoms with Gasteiger partial charge in [0, 0.05) is 23.3 Å². The lowest BCUT2D eigenvalue weighted by Gasteiger charge is -2.21. The zero-order valence-electron chi connectivity index (χ0n) is 13.7. The predicted octanol–water partition coefficient (Wildman–Crippen LogP) is 3.87. The molecule has 132 valence electrons. The summed E-state index contributed by atoms with van der Waals surface area (Å²) < 4.78 is 5.69. The van der Waals surface area contributed by atoms with Crippen LogP contribution in [0.1, 0.15) is 31.8 Å². The molecule has 0 radical (unpaired) electrons. The first-order valence-corrected chi connectivity index (χ1v) is 7.94. The topological polar surface area (TPSA) is 107 Å². The number of phenolic OH excluding ortho intramolecular Hbond substituents is 1. The molecule has 7 nitrogen and oxygen atoms in total. The first-order chi connectivity index (χ1) is 13.0. The Bertz CT molecular complexity index is 1120. The summed E-state index contributed by atoms with van der Waals surface area (Å²) in [6.07, 6.45) is 0. The number of nitrogens with zero attached hydrogens (tertiary/aromatic N) is 1. The fourth-order valence-electron chi connectivity index (χ4n) is 3.02. The highest BCUT2D eigenvalue weighted by atomic mass is 16.6. The Balaban J connectivity index is 1.81. The maximum atomic E-state index is 12.9. The number of hydrogen-bond donors (Lipinski definition) is 1. The van der Waals surface area contributed by atoms with Gasteiger partial charge in [0.25, 0.3) is 5.69 Å². The van der Waals surface area contributed by atoms with Crippen molar-refractivity contribution in [3.05, 3.63) is 93.0 Å². The van der Waals surface area contributed by atoms with Crippen LogP contribution in [0, 0.1) is 10.1 Å². The van der Waals surface area contributed by atoms with Crippen molar-refractivity contribution in [1.29, 1.82) is 0 Å². The van der Waals surface area contributed by atoms with Gasteiger partial charge in [-0.2, -0.15) is 0 Å². The van der Waals surface area contributed by atoms with Crippen molar-refractivity contribution in [2.45, 2.75) is 0 Å². The van der Waals surface area contributed by atoms with Gasteiger partial charge in [-0.15, -0.1) is 0 Å². The molecule has 4 rings (SSSR count). The van der Waals surface area contributed by atoms with Gasteiger partial charge in [-0.05, 0) is 24.3 Å². The molecule has 3 aromatic carbocycles. The summed E-state index contributed by atoms with van der Waals surface area (Å²) in [7, 11) is 0. The van der Waals surface area contributed by atoms with Crippen LogP contribution in [0.15, 0.2) is 60.7 Å². The summed E-state index contributed by atoms with van der Waals surface area (Å²) in [5.74, 6) is -0.870. The molecule has 3 aromatic rings. The minimum Gasteiger partial charge on any atom is -0.507 e. The van der Waals surface area contributed by atoms with Crippen LogP contribution >= 0.6 is 0 Å². The van der Waals surface area contributed by atoms with Gasteiger partial charge in [0.1, 0.15) is 17.2 Å². The van der Waals surface area contributed by atoms with Crippen LogP contribution in [0.4, 0.5) is 5.69 Å². The predicted molar refractivity (Wildman–Crippen MR) is 94.6 cm³/mol. The minimum atomic E-state index is -0.536. The number of rotatable bonds is 3. The second-order valence-electron chi connectivity index (χ2n) is 5.89. The molecule has 0 heterocycles. The molecule has 1 N–H and O–H groups in total. The quantitative estimate of drug-likeness (QED) is 0.438. The van der Waals surface area contributed by atoms with E-state index in [1.165, 1.54) is 48.5 Å². The van der Waals surface area contributed by atoms with Gasteiger partial charge in [0.05, 0.1) is 16.1 Å². The van der Waals surface area contributed by atoms with E-state index in [0.29, 0.717) is 0 Å². The molecule has 0 bridgehead atoms. The summed E-state index contributed by atoms with van der Waals surface area (Å²) >= 11 is 0. The number of nitro groups is 1. The maximum absolute atomic E-state index is 12.9. The Morgan fingerprint density at radius 2 is 1.41 bits per heavy atom. The van der Waals surface area contributed by atoms with E-state index in [1.54, 1.807) is 12.1 Å². The number of ether oxygens (including phenoxy) is 1. The van der Waals surface area contributed by atoms with Crippen LogP contribution in [0.2, 0.25) is 0 Å². The zero-order chi connectivity index (χ0) is 19.1. The summed E-state index contributed by atoms with van der Waals surface area (Å²) in [5, 5.41) is 20.9. The van der Waals surface area contributed by atoms with E-state index in [-0.39, 0.29) is 45.2 Å². The number of ketones is 2. The van der Waals surface area contributed by atoms with Gasteiger partial charge >= 0.3 is 0 Å². The summed E-state index contributed by atoms with van der Waals surface area (Å²) in [4.78, 5) is 35.9. The first kappa shape index (κ1) is 16.5. The smallest absolute Gasteiger partial charge is 0.269 e. The molecule has 0 fully saturated rings. The van der Waals surface area contributed by atoms with Gasteiger partial charge in [-0.3, -0.25) is 19.7 Å². The fraction of sp³-hybridized carbons (Fsp3) is 0. The lowest BCUT2D eigenvalue weighted by atomic mass is 9.83. The molecular formula is C20H11NO6. The molecule has 0 saturated carbocycles. The molecule has 0 aliphatic heterocycles. The number of nitro benzene ring substituents is 1. The molecule has 7 heteroatoms. The number of benzene rings is 3. The molecule has 0 spiro atoms. The first-order valence-electron chi connectivity index (χ1n) is 7.94. The Morgan fingerprint density at radius 3 is 2.00 bits per heavy atom. The summed E-state index contributed by atoms with van der Waals surface area (Å²) in [5.41, 5.74) is 0.206. The number of carbonyl (C=O) groups excluding carboxylic acids is 2. The maximum Gasteiger partial charge on any atom is 0.269 e. The molecule has 0 aromatic heterocycles. The molecule has 0 atom stereocenters. The fourth-order valence-corrected chi connectivity index (χ4v) is 3.02. The van der Waals surface area contributed by atoms with Crippen LogP contribution in [0.25, 0.3) is 0 Å². The Hall–Kier alpha value is -4.00. The van der Waals surface area contributed by atoms with Crippen molar-refractivity contribution in [2.75, 3.05) is 0 Å². The van der Waals surface area contributed by atoms with Crippen LogP contribution in [-0.4, -0.2) is 21.6 Å². The van der Waals surface area contributed by atoms with Gasteiger partial charge in [0.15, 0.2) is 11.6 Å². The van der Waals surface area contributed by atoms with Crippen LogP contribution < -0.4 is 4.74 Å². The molecule has 27 heavy (non-hydrogen) atoms. The van der Waals surface area contributed by atoms with Crippen molar-refractivity contribution in [1.82, 2.24) is 0 Å². The minimum absolute atomic E-state index is 0.0305. The number of fused-ring (bicyclic) bond motifs is 2. The highest BCUT2D eigenvalue weighted by Gasteiger charge is 2.34. The third-order valence-corrected chi connectivity index (χ3v) is 4.29. The van der Waals surface area contributed by atoms with Crippen molar-refractivity contribution in [3.8, 4) is 17.2 Å². The molecule has 0 saturated heterocycles. The van der Waals surface area contributed by atoms with Gasteiger partial charge in [-0.25, -0.2) is 0 Å². The van der Waals surface area contributed by atoms with Gasteiger partial charge in [0.2, 0.25) is 0 Å². The van der Waals surface area contributed by atoms with Crippen molar-refractivity contribution < 1.29 is 24.4 Å². The molecule has 0 unspecified atom stereocenters. The van der Waals surface area contributed by atoms with E-state index >= 15 is 0 Å². The van der Waals surface area contributed by atoms with Crippen molar-refractivity contribution in [3.63, 3.8) is 0 Å². The average Bonchev–Trinajstić information content (AvgIpc) is 2.68. The monoisotopic (exact) mass is 361 g/mol. The second-order valence-corrected chi connectivity index (χ2v) is 5.89. The van der Waals surface area contributed by atoms with E-state index in [1.807, 2.05) is 0 Å². The summed E-state index contributed by atoms with van der Waals surface area (Å²) in [6, 6.07) is 14.3. The Morgan fingerprint density at radius 1 is 0.815 bits per heavy atom. The third-order valence-electron chi connectivity index (χ3n) is 4.29. The number of phenols is 1. The van der Waals surface area contributed by atoms with Crippen molar-refractivity contribution >= 4 is 17.3 Å². The average molecular weight is 361 g/mol. The lowest BCUT2D eigenvalue weighted by molar-refractivity contribution is -0.384. The van der Waals surface area contributed by atoms with Gasteiger partial charge in [-0.1, -0.05) is 24.3 Å². The SMILES string of the molecule is O=C1c2ccccc2C(=O)c2c(Oc3ccc([N+](=O)[O-])cc3)ccc(O)c21. The largest absolute Gasteiger partial charge is 0.507 e. The number of hydrogen-bond acceptors (Lipinski definition) is 6. The van der Waals surface area contributed by atoms with Crippen molar-refractivity contribution in [2.24, 2.45) is 0 Å². The summed E-state index contributed by atoms with van der Waals surface area (Å²) in [6.45, 7) is 0. The zero-order valence-corrected chi connectivity index (χ0v) is 13.7. The Kier molecular flexibility index (Phi) is 3.70. The van der Waals surface area contributed by atoms with E-state index in [0.717, 1.165) is 0 Å². The van der Waals surface area contributed by atoms with Gasteiger partial charge < -0.3 is 9.84 Å². The standard InChI is InChI=1S/C20H11NO6/c22-15-9-10-16(27-12-7-5-11(6-8-12)21(25)26)18-17(15)19(23)13-3-1-2-4-14(13)20(18)24/h1-10,22H. The van der Waals surface area contributed by atoms with Crippen LogP contribution in [0.5, 0.6) is 17.2 Å². The number of carbonyl (C=O) groups is 2. The van der Waals surface area contributed by atoms with Crippen LogP contribution in [0.3, 0.4) is 0 Å². The molecule has 1 aliphatic carbocycles. The van der Waals surface area contributed by atoms with E-state index in [2.05, 4.69) is 0 Å². The highest BCUT2D eigenvalue weighted by molar-refractivity contribution is 6.30. The van der Waals surface area contributed by atoms with E-state index in [4.69, 9.17) is 4.74 Å². The number of non-ortho nitro benzene ring substituents is 1. The Labute approximate surface area is 152 Å². The van der Waals surface area contributed by atoms with E-state index < -0.39 is 16.5 Å². The second kappa shape index (κ2) is 6.06. The van der Waals surface area contributed by atoms with Crippen LogP contribution in [-0.2, 0) is 0 Å². The highest BCUT2D eigenvalue weighted by Crippen LogP contribution is 2.39. The third kappa shape index (κ3) is 2.62. The molecule has 1 aliphatic rings.